The van der Waals surface area contributed by atoms with Crippen LogP contribution in [-0.4, -0.2) is 108 Å². The molecule has 0 aliphatic carbocycles. The molecule has 0 saturated heterocycles. The van der Waals surface area contributed by atoms with Gasteiger partial charge in [0.05, 0.1) is 89.3 Å². The fourth-order valence-corrected chi connectivity index (χ4v) is 3.99. The Bertz CT molecular complexity index is 1060. The summed E-state index contributed by atoms with van der Waals surface area (Å²) in [4.78, 5) is 37.9. The molecule has 11 heteroatoms. The van der Waals surface area contributed by atoms with Gasteiger partial charge in [-0.15, -0.1) is 0 Å². The van der Waals surface area contributed by atoms with Gasteiger partial charge in [-0.1, -0.05) is 25.5 Å². The Hall–Kier alpha value is -3.35. The van der Waals surface area contributed by atoms with Gasteiger partial charge in [0.15, 0.2) is 0 Å². The Balaban J connectivity index is 1.04. The monoisotopic (exact) mass is 586 g/mol. The molecule has 2 amide bonds. The third-order valence-corrected chi connectivity index (χ3v) is 6.27. The fraction of sp³-hybridized carbons (Fsp3) is 0.516. The molecule has 2 aromatic carbocycles. The zero-order valence-electron chi connectivity index (χ0n) is 24.3. The van der Waals surface area contributed by atoms with Crippen LogP contribution in [0.2, 0.25) is 0 Å². The first-order valence-corrected chi connectivity index (χ1v) is 14.5. The van der Waals surface area contributed by atoms with Crippen molar-refractivity contribution in [2.24, 2.45) is 0 Å². The topological polar surface area (TPSA) is 122 Å². The third kappa shape index (κ3) is 11.5. The molecule has 0 fully saturated rings. The molecule has 0 unspecified atom stereocenters. The molecule has 230 valence electrons. The zero-order chi connectivity index (χ0) is 29.8. The number of anilines is 1. The highest BCUT2D eigenvalue weighted by Gasteiger charge is 2.34. The lowest BCUT2D eigenvalue weighted by atomic mass is 10.1. The predicted octanol–water partition coefficient (Wildman–Crippen LogP) is 3.43. The van der Waals surface area contributed by atoms with E-state index < -0.39 is 0 Å². The number of carbonyl (C=O) groups excluding carboxylic acids is 3. The van der Waals surface area contributed by atoms with E-state index in [1.807, 2.05) is 12.1 Å². The van der Waals surface area contributed by atoms with Crippen LogP contribution in [0, 0.1) is 0 Å². The number of carbonyl (C=O) groups is 3. The summed E-state index contributed by atoms with van der Waals surface area (Å²) in [5.74, 6) is -0.936. The number of hydrogen-bond donors (Lipinski definition) is 1. The maximum absolute atomic E-state index is 12.3. The van der Waals surface area contributed by atoms with Crippen LogP contribution < -0.4 is 5.32 Å². The van der Waals surface area contributed by atoms with E-state index in [0.29, 0.717) is 76.2 Å². The van der Waals surface area contributed by atoms with Crippen LogP contribution >= 0.6 is 0 Å². The molecule has 0 radical (unpaired) electrons. The number of unbranched alkanes of at least 4 members (excludes halogenated alkanes) is 1. The predicted molar refractivity (Wildman–Crippen MR) is 156 cm³/mol. The lowest BCUT2D eigenvalue weighted by Gasteiger charge is -2.13. The van der Waals surface area contributed by atoms with E-state index in [-0.39, 0.29) is 37.5 Å². The van der Waals surface area contributed by atoms with Crippen molar-refractivity contribution in [1.29, 1.82) is 0 Å². The molecule has 1 aliphatic rings. The van der Waals surface area contributed by atoms with Crippen LogP contribution in [0.5, 0.6) is 0 Å². The lowest BCUT2D eigenvalue weighted by molar-refractivity contribution is -0.0156. The van der Waals surface area contributed by atoms with E-state index in [0.717, 1.165) is 25.1 Å². The van der Waals surface area contributed by atoms with Crippen LogP contribution in [0.3, 0.4) is 0 Å². The molecule has 3 rings (SSSR count). The molecule has 0 aromatic heterocycles. The van der Waals surface area contributed by atoms with Crippen molar-refractivity contribution < 1.29 is 42.8 Å². The molecule has 0 bridgehead atoms. The Kier molecular flexibility index (Phi) is 15.6. The number of fused-ring (bicyclic) bond motifs is 1. The second kappa shape index (κ2) is 19.7. The average molecular weight is 587 g/mol. The molecule has 1 N–H and O–H groups in total. The minimum Gasteiger partial charge on any atom is -0.460 e. The molecule has 0 atom stereocenters. The van der Waals surface area contributed by atoms with Gasteiger partial charge in [0.1, 0.15) is 6.61 Å². The summed E-state index contributed by atoms with van der Waals surface area (Å²) in [6.45, 7) is 7.26. The maximum Gasteiger partial charge on any atom is 0.338 e. The molecule has 0 spiro atoms. The quantitative estimate of drug-likeness (QED) is 0.118. The first-order chi connectivity index (χ1) is 20.6. The number of esters is 1. The number of nitrogens with zero attached hydrogens (tertiary/aromatic N) is 1. The molecular weight excluding hydrogens is 544 g/mol. The van der Waals surface area contributed by atoms with E-state index in [2.05, 4.69) is 12.2 Å². The van der Waals surface area contributed by atoms with Gasteiger partial charge in [-0.25, -0.2) is 4.79 Å². The molecular formula is C31H42N2O9. The average Bonchev–Trinajstić information content (AvgIpc) is 3.25. The number of rotatable bonds is 23. The molecule has 1 aliphatic heterocycles. The number of amides is 2. The van der Waals surface area contributed by atoms with Crippen molar-refractivity contribution in [1.82, 2.24) is 4.90 Å². The van der Waals surface area contributed by atoms with Crippen molar-refractivity contribution in [2.75, 3.05) is 91.1 Å². The Labute approximate surface area is 247 Å². The molecule has 42 heavy (non-hydrogen) atoms. The minimum absolute atomic E-state index is 0.177. The van der Waals surface area contributed by atoms with Gasteiger partial charge in [-0.2, -0.15) is 0 Å². The number of imide groups is 1. The maximum atomic E-state index is 12.3. The second-order valence-electron chi connectivity index (χ2n) is 9.36. The van der Waals surface area contributed by atoms with Crippen molar-refractivity contribution in [3.63, 3.8) is 0 Å². The van der Waals surface area contributed by atoms with Crippen molar-refractivity contribution >= 4 is 23.5 Å². The Morgan fingerprint density at radius 3 is 1.64 bits per heavy atom. The van der Waals surface area contributed by atoms with Gasteiger partial charge < -0.3 is 33.7 Å². The summed E-state index contributed by atoms with van der Waals surface area (Å²) in [5, 5.41) is 3.31. The minimum atomic E-state index is -0.372. The molecule has 11 nitrogen and oxygen atoms in total. The SMILES string of the molecule is CCCCNc1ccc(C(=O)OCCOCCOCCOCCOCCOCCN2C(=O)c3ccccc3C2=O)cc1. The Morgan fingerprint density at radius 1 is 0.667 bits per heavy atom. The zero-order valence-corrected chi connectivity index (χ0v) is 24.3. The number of nitrogens with one attached hydrogen (secondary N) is 1. The fourth-order valence-electron chi connectivity index (χ4n) is 3.99. The van der Waals surface area contributed by atoms with Gasteiger partial charge in [0.25, 0.3) is 11.8 Å². The van der Waals surface area contributed by atoms with Crippen LogP contribution in [0.25, 0.3) is 0 Å². The second-order valence-corrected chi connectivity index (χ2v) is 9.36. The van der Waals surface area contributed by atoms with Crippen LogP contribution in [-0.2, 0) is 28.4 Å². The van der Waals surface area contributed by atoms with Gasteiger partial charge >= 0.3 is 5.97 Å². The summed E-state index contributed by atoms with van der Waals surface area (Å²) in [5.41, 5.74) is 2.37. The summed E-state index contributed by atoms with van der Waals surface area (Å²) >= 11 is 0. The molecule has 2 aromatic rings. The third-order valence-electron chi connectivity index (χ3n) is 6.27. The van der Waals surface area contributed by atoms with Gasteiger partial charge in [0, 0.05) is 12.2 Å². The number of hydrogen-bond acceptors (Lipinski definition) is 10. The summed E-state index contributed by atoms with van der Waals surface area (Å²) in [6.07, 6.45) is 2.23. The highest BCUT2D eigenvalue weighted by molar-refractivity contribution is 6.21. The largest absolute Gasteiger partial charge is 0.460 e. The molecule has 1 heterocycles. The van der Waals surface area contributed by atoms with Crippen molar-refractivity contribution in [2.45, 2.75) is 19.8 Å². The molecule has 0 saturated carbocycles. The van der Waals surface area contributed by atoms with E-state index in [4.69, 9.17) is 28.4 Å². The highest BCUT2D eigenvalue weighted by atomic mass is 16.6. The number of ether oxygens (including phenoxy) is 6. The standard InChI is InChI=1S/C31H42N2O9/c1-2-3-12-32-26-10-8-25(9-11-26)31(36)42-24-23-41-22-21-40-20-19-39-18-17-38-16-15-37-14-13-33-29(34)27-6-4-5-7-28(27)30(33)35/h4-11,32H,2-3,12-24H2,1H3. The van der Waals surface area contributed by atoms with Crippen molar-refractivity contribution in [3.8, 4) is 0 Å². The number of benzene rings is 2. The van der Waals surface area contributed by atoms with Crippen molar-refractivity contribution in [3.05, 3.63) is 65.2 Å². The highest BCUT2D eigenvalue weighted by Crippen LogP contribution is 2.21. The summed E-state index contributed by atoms with van der Waals surface area (Å²) in [7, 11) is 0. The van der Waals surface area contributed by atoms with Gasteiger partial charge in [0.2, 0.25) is 0 Å². The van der Waals surface area contributed by atoms with E-state index in [1.165, 1.54) is 4.90 Å². The first-order valence-electron chi connectivity index (χ1n) is 14.5. The normalized spacial score (nSPS) is 12.5. The van der Waals surface area contributed by atoms with Gasteiger partial charge in [-0.05, 0) is 42.8 Å². The summed E-state index contributed by atoms with van der Waals surface area (Å²) < 4.78 is 32.5. The van der Waals surface area contributed by atoms with Gasteiger partial charge in [-0.3, -0.25) is 14.5 Å². The van der Waals surface area contributed by atoms with E-state index in [9.17, 15) is 14.4 Å². The van der Waals surface area contributed by atoms with Crippen LogP contribution in [0.4, 0.5) is 5.69 Å². The first kappa shape index (κ1) is 33.2. The van der Waals surface area contributed by atoms with E-state index >= 15 is 0 Å². The van der Waals surface area contributed by atoms with Crippen LogP contribution in [0.15, 0.2) is 48.5 Å². The van der Waals surface area contributed by atoms with E-state index in [1.54, 1.807) is 36.4 Å². The van der Waals surface area contributed by atoms with Crippen LogP contribution in [0.1, 0.15) is 50.8 Å². The lowest BCUT2D eigenvalue weighted by Crippen LogP contribution is -2.33. The summed E-state index contributed by atoms with van der Waals surface area (Å²) in [6, 6.07) is 14.1. The Morgan fingerprint density at radius 2 is 1.14 bits per heavy atom. The smallest absolute Gasteiger partial charge is 0.338 e.